The Kier molecular flexibility index (Phi) is 4.41. The van der Waals surface area contributed by atoms with Crippen LogP contribution in [0.4, 0.5) is 0 Å². The zero-order valence-corrected chi connectivity index (χ0v) is 9.27. The molecule has 0 heterocycles. The highest BCUT2D eigenvalue weighted by molar-refractivity contribution is 6.35. The van der Waals surface area contributed by atoms with Gasteiger partial charge in [0.15, 0.2) is 0 Å². The number of nitrogens with one attached hydrogen (secondary N) is 1. The number of halogens is 2. The quantitative estimate of drug-likeness (QED) is 0.829. The fourth-order valence-corrected chi connectivity index (χ4v) is 1.37. The summed E-state index contributed by atoms with van der Waals surface area (Å²) in [7, 11) is 0. The molecular weight excluding hydrogens is 235 g/mol. The van der Waals surface area contributed by atoms with Gasteiger partial charge in [-0.05, 0) is 18.2 Å². The molecule has 3 nitrogen and oxygen atoms in total. The first-order valence-corrected chi connectivity index (χ1v) is 5.01. The summed E-state index contributed by atoms with van der Waals surface area (Å²) in [5.74, 6) is -0.322. The molecule has 0 aliphatic heterocycles. The summed E-state index contributed by atoms with van der Waals surface area (Å²) >= 11 is 11.6. The molecule has 1 aromatic carbocycles. The first-order chi connectivity index (χ1) is 7.15. The van der Waals surface area contributed by atoms with E-state index in [-0.39, 0.29) is 12.3 Å². The topological polar surface area (TPSA) is 52.9 Å². The molecule has 0 radical (unpaired) electrons. The molecule has 1 rings (SSSR count). The van der Waals surface area contributed by atoms with Crippen LogP contribution in [0.1, 0.15) is 16.8 Å². The van der Waals surface area contributed by atoms with Gasteiger partial charge in [0.1, 0.15) is 0 Å². The summed E-state index contributed by atoms with van der Waals surface area (Å²) in [6.45, 7) is 0.304. The normalized spacial score (nSPS) is 9.40. The Morgan fingerprint density at radius 1 is 1.47 bits per heavy atom. The number of nitrogens with zero attached hydrogens (tertiary/aromatic N) is 1. The Bertz CT molecular complexity index is 412. The Morgan fingerprint density at radius 3 is 2.87 bits per heavy atom. The molecule has 15 heavy (non-hydrogen) atoms. The minimum Gasteiger partial charge on any atom is -0.351 e. The minimum atomic E-state index is -0.322. The van der Waals surface area contributed by atoms with E-state index in [9.17, 15) is 4.79 Å². The molecule has 1 amide bonds. The van der Waals surface area contributed by atoms with Crippen molar-refractivity contribution in [3.63, 3.8) is 0 Å². The molecule has 78 valence electrons. The fourth-order valence-electron chi connectivity index (χ4n) is 0.999. The SMILES string of the molecule is N#CCCNC(=O)c1cc(Cl)ccc1Cl. The van der Waals surface area contributed by atoms with Gasteiger partial charge in [0.05, 0.1) is 23.1 Å². The third-order valence-corrected chi connectivity index (χ3v) is 2.26. The average molecular weight is 243 g/mol. The fraction of sp³-hybridized carbons (Fsp3) is 0.200. The Balaban J connectivity index is 2.73. The molecule has 0 saturated heterocycles. The van der Waals surface area contributed by atoms with Crippen LogP contribution >= 0.6 is 23.2 Å². The highest BCUT2D eigenvalue weighted by Gasteiger charge is 2.09. The van der Waals surface area contributed by atoms with Crippen molar-refractivity contribution < 1.29 is 4.79 Å². The third kappa shape index (κ3) is 3.43. The second-order valence-electron chi connectivity index (χ2n) is 2.79. The van der Waals surface area contributed by atoms with Crippen LogP contribution in [0.2, 0.25) is 10.0 Å². The average Bonchev–Trinajstić information content (AvgIpc) is 2.22. The predicted octanol–water partition coefficient (Wildman–Crippen LogP) is 2.64. The monoisotopic (exact) mass is 242 g/mol. The largest absolute Gasteiger partial charge is 0.351 e. The predicted molar refractivity (Wildman–Crippen MR) is 59.0 cm³/mol. The zero-order valence-electron chi connectivity index (χ0n) is 7.76. The Hall–Kier alpha value is -1.24. The molecular formula is C10H8Cl2N2O. The first-order valence-electron chi connectivity index (χ1n) is 4.25. The zero-order chi connectivity index (χ0) is 11.3. The van der Waals surface area contributed by atoms with Gasteiger partial charge in [0.2, 0.25) is 0 Å². The lowest BCUT2D eigenvalue weighted by molar-refractivity contribution is 0.0954. The van der Waals surface area contributed by atoms with Crippen LogP contribution in [-0.2, 0) is 0 Å². The lowest BCUT2D eigenvalue weighted by Crippen LogP contribution is -2.24. The van der Waals surface area contributed by atoms with Crippen molar-refractivity contribution in [1.29, 1.82) is 5.26 Å². The number of hydrogen-bond donors (Lipinski definition) is 1. The van der Waals surface area contributed by atoms with Crippen molar-refractivity contribution >= 4 is 29.1 Å². The number of carbonyl (C=O) groups is 1. The number of carbonyl (C=O) groups excluding carboxylic acids is 1. The van der Waals surface area contributed by atoms with Crippen molar-refractivity contribution in [3.05, 3.63) is 33.8 Å². The van der Waals surface area contributed by atoms with Gasteiger partial charge in [-0.15, -0.1) is 0 Å². The number of hydrogen-bond acceptors (Lipinski definition) is 2. The van der Waals surface area contributed by atoms with Crippen LogP contribution in [0.15, 0.2) is 18.2 Å². The number of nitriles is 1. The maximum atomic E-state index is 11.5. The maximum Gasteiger partial charge on any atom is 0.252 e. The van der Waals surface area contributed by atoms with Crippen molar-refractivity contribution in [2.45, 2.75) is 6.42 Å². The van der Waals surface area contributed by atoms with Crippen LogP contribution in [0.25, 0.3) is 0 Å². The van der Waals surface area contributed by atoms with E-state index >= 15 is 0 Å². The highest BCUT2D eigenvalue weighted by atomic mass is 35.5. The van der Waals surface area contributed by atoms with Crippen LogP contribution in [0.3, 0.4) is 0 Å². The van der Waals surface area contributed by atoms with Gasteiger partial charge in [0, 0.05) is 11.6 Å². The molecule has 0 spiro atoms. The minimum absolute atomic E-state index is 0.268. The molecule has 1 N–H and O–H groups in total. The van der Waals surface area contributed by atoms with Crippen molar-refractivity contribution in [3.8, 4) is 6.07 Å². The standard InChI is InChI=1S/C10H8Cl2N2O/c11-7-2-3-9(12)8(6-7)10(15)14-5-1-4-13/h2-3,6H,1,5H2,(H,14,15). The summed E-state index contributed by atoms with van der Waals surface area (Å²) in [6, 6.07) is 6.58. The number of rotatable bonds is 3. The summed E-state index contributed by atoms with van der Waals surface area (Å²) in [5.41, 5.74) is 0.321. The summed E-state index contributed by atoms with van der Waals surface area (Å²) in [6.07, 6.45) is 0.268. The van der Waals surface area contributed by atoms with E-state index in [2.05, 4.69) is 5.32 Å². The lowest BCUT2D eigenvalue weighted by atomic mass is 10.2. The van der Waals surface area contributed by atoms with E-state index in [1.807, 2.05) is 6.07 Å². The van der Waals surface area contributed by atoms with Gasteiger partial charge in [0.25, 0.3) is 5.91 Å². The van der Waals surface area contributed by atoms with Gasteiger partial charge in [-0.3, -0.25) is 4.79 Å². The molecule has 0 fully saturated rings. The molecule has 0 aromatic heterocycles. The molecule has 0 aliphatic carbocycles. The van der Waals surface area contributed by atoms with Gasteiger partial charge in [-0.25, -0.2) is 0 Å². The van der Waals surface area contributed by atoms with Gasteiger partial charge >= 0.3 is 0 Å². The summed E-state index contributed by atoms with van der Waals surface area (Å²) < 4.78 is 0. The third-order valence-electron chi connectivity index (χ3n) is 1.70. The van der Waals surface area contributed by atoms with E-state index in [0.717, 1.165) is 0 Å². The van der Waals surface area contributed by atoms with E-state index in [4.69, 9.17) is 28.5 Å². The van der Waals surface area contributed by atoms with E-state index in [1.54, 1.807) is 12.1 Å². The molecule has 0 bridgehead atoms. The smallest absolute Gasteiger partial charge is 0.252 e. The Morgan fingerprint density at radius 2 is 2.20 bits per heavy atom. The van der Waals surface area contributed by atoms with Gasteiger partial charge in [-0.2, -0.15) is 5.26 Å². The van der Waals surface area contributed by atoms with E-state index in [0.29, 0.717) is 22.2 Å². The molecule has 5 heteroatoms. The summed E-state index contributed by atoms with van der Waals surface area (Å²) in [5, 5.41) is 11.7. The van der Waals surface area contributed by atoms with Crippen LogP contribution < -0.4 is 5.32 Å². The molecule has 0 saturated carbocycles. The molecule has 0 unspecified atom stereocenters. The van der Waals surface area contributed by atoms with Crippen molar-refractivity contribution in [2.75, 3.05) is 6.54 Å². The molecule has 0 atom stereocenters. The summed E-state index contributed by atoms with van der Waals surface area (Å²) in [4.78, 5) is 11.5. The van der Waals surface area contributed by atoms with Crippen molar-refractivity contribution in [2.24, 2.45) is 0 Å². The van der Waals surface area contributed by atoms with E-state index < -0.39 is 0 Å². The Labute approximate surface area is 97.6 Å². The van der Waals surface area contributed by atoms with Crippen LogP contribution in [0.5, 0.6) is 0 Å². The maximum absolute atomic E-state index is 11.5. The van der Waals surface area contributed by atoms with Gasteiger partial charge in [-0.1, -0.05) is 23.2 Å². The van der Waals surface area contributed by atoms with Gasteiger partial charge < -0.3 is 5.32 Å². The van der Waals surface area contributed by atoms with E-state index in [1.165, 1.54) is 6.07 Å². The van der Waals surface area contributed by atoms with Crippen LogP contribution in [0, 0.1) is 11.3 Å². The second kappa shape index (κ2) is 5.59. The number of amides is 1. The molecule has 0 aliphatic rings. The van der Waals surface area contributed by atoms with Crippen LogP contribution in [-0.4, -0.2) is 12.5 Å². The molecule has 1 aromatic rings. The second-order valence-corrected chi connectivity index (χ2v) is 3.63. The van der Waals surface area contributed by atoms with Crippen molar-refractivity contribution in [1.82, 2.24) is 5.32 Å². The number of benzene rings is 1. The lowest BCUT2D eigenvalue weighted by Gasteiger charge is -2.05. The first kappa shape index (κ1) is 11.8. The highest BCUT2D eigenvalue weighted by Crippen LogP contribution is 2.20.